The Labute approximate surface area is 125 Å². The molecule has 0 aliphatic heterocycles. The van der Waals surface area contributed by atoms with Crippen LogP contribution in [0.3, 0.4) is 0 Å². The first-order valence-electron chi connectivity index (χ1n) is 5.89. The number of rotatable bonds is 5. The quantitative estimate of drug-likeness (QED) is 0.876. The maximum absolute atomic E-state index is 13.3. The van der Waals surface area contributed by atoms with Gasteiger partial charge in [-0.15, -0.1) is 0 Å². The molecule has 5 heteroatoms. The molecule has 0 bridgehead atoms. The molecular formula is C15H12ClFO2S. The van der Waals surface area contributed by atoms with Gasteiger partial charge in [0.05, 0.1) is 5.56 Å². The molecule has 0 radical (unpaired) electrons. The van der Waals surface area contributed by atoms with Gasteiger partial charge in [0.1, 0.15) is 5.82 Å². The van der Waals surface area contributed by atoms with Crippen LogP contribution in [0, 0.1) is 5.82 Å². The second-order valence-corrected chi connectivity index (χ2v) is 5.69. The number of carboxylic acids is 1. The molecule has 0 heterocycles. The molecule has 2 rings (SSSR count). The van der Waals surface area contributed by atoms with Gasteiger partial charge in [0, 0.05) is 16.5 Å². The van der Waals surface area contributed by atoms with Crippen molar-refractivity contribution in [1.29, 1.82) is 0 Å². The third-order valence-electron chi connectivity index (χ3n) is 2.66. The van der Waals surface area contributed by atoms with Crippen molar-refractivity contribution in [2.75, 3.05) is 0 Å². The van der Waals surface area contributed by atoms with Crippen LogP contribution in [0.5, 0.6) is 0 Å². The lowest BCUT2D eigenvalue weighted by atomic mass is 10.1. The van der Waals surface area contributed by atoms with Crippen molar-refractivity contribution < 1.29 is 14.3 Å². The van der Waals surface area contributed by atoms with E-state index in [-0.39, 0.29) is 5.56 Å². The molecule has 2 aromatic rings. The lowest BCUT2D eigenvalue weighted by molar-refractivity contribution is 0.0696. The van der Waals surface area contributed by atoms with Gasteiger partial charge < -0.3 is 5.11 Å². The summed E-state index contributed by atoms with van der Waals surface area (Å²) in [5, 5.41) is 9.57. The molecule has 0 fully saturated rings. The molecule has 1 N–H and O–H groups in total. The second-order valence-electron chi connectivity index (χ2n) is 4.27. The van der Waals surface area contributed by atoms with E-state index < -0.39 is 11.8 Å². The Balaban J connectivity index is 1.97. The highest BCUT2D eigenvalue weighted by atomic mass is 35.5. The summed E-state index contributed by atoms with van der Waals surface area (Å²) in [6, 6.07) is 11.4. The Hall–Kier alpha value is -1.52. The van der Waals surface area contributed by atoms with Gasteiger partial charge in [-0.05, 0) is 41.5 Å². The molecule has 0 amide bonds. The normalized spacial score (nSPS) is 10.5. The zero-order valence-electron chi connectivity index (χ0n) is 10.5. The number of halogens is 2. The van der Waals surface area contributed by atoms with Crippen LogP contribution in [0.2, 0.25) is 5.02 Å². The third-order valence-corrected chi connectivity index (χ3v) is 3.98. The zero-order valence-corrected chi connectivity index (χ0v) is 12.0. The van der Waals surface area contributed by atoms with E-state index >= 15 is 0 Å². The average molecular weight is 311 g/mol. The topological polar surface area (TPSA) is 37.3 Å². The summed E-state index contributed by atoms with van der Waals surface area (Å²) in [4.78, 5) is 10.8. The molecule has 2 nitrogen and oxygen atoms in total. The second kappa shape index (κ2) is 6.77. The van der Waals surface area contributed by atoms with Crippen molar-refractivity contribution in [3.8, 4) is 0 Å². The van der Waals surface area contributed by atoms with E-state index in [4.69, 9.17) is 16.7 Å². The first-order valence-corrected chi connectivity index (χ1v) is 7.43. The van der Waals surface area contributed by atoms with Gasteiger partial charge in [-0.1, -0.05) is 23.7 Å². The Kier molecular flexibility index (Phi) is 5.04. The summed E-state index contributed by atoms with van der Waals surface area (Å²) in [6.07, 6.45) is 0. The van der Waals surface area contributed by atoms with Gasteiger partial charge in [-0.2, -0.15) is 11.8 Å². The van der Waals surface area contributed by atoms with Gasteiger partial charge in [0.2, 0.25) is 0 Å². The van der Waals surface area contributed by atoms with Gasteiger partial charge in [0.15, 0.2) is 0 Å². The minimum absolute atomic E-state index is 0.0212. The molecule has 20 heavy (non-hydrogen) atoms. The fourth-order valence-corrected chi connectivity index (χ4v) is 2.78. The Morgan fingerprint density at radius 3 is 2.40 bits per heavy atom. The fraction of sp³-hybridized carbons (Fsp3) is 0.133. The lowest BCUT2D eigenvalue weighted by Gasteiger charge is -2.04. The van der Waals surface area contributed by atoms with Crippen LogP contribution < -0.4 is 0 Å². The largest absolute Gasteiger partial charge is 0.478 e. The van der Waals surface area contributed by atoms with Crippen molar-refractivity contribution in [3.63, 3.8) is 0 Å². The first-order chi connectivity index (χ1) is 9.54. The average Bonchev–Trinajstić information content (AvgIpc) is 2.40. The maximum Gasteiger partial charge on any atom is 0.335 e. The number of carboxylic acid groups (broad SMARTS) is 1. The van der Waals surface area contributed by atoms with Gasteiger partial charge in [-0.3, -0.25) is 0 Å². The first kappa shape index (κ1) is 14.9. The predicted molar refractivity (Wildman–Crippen MR) is 79.8 cm³/mol. The minimum Gasteiger partial charge on any atom is -0.478 e. The van der Waals surface area contributed by atoms with Crippen LogP contribution in [0.15, 0.2) is 42.5 Å². The molecule has 0 saturated heterocycles. The molecule has 2 aromatic carbocycles. The monoisotopic (exact) mass is 310 g/mol. The van der Waals surface area contributed by atoms with Crippen molar-refractivity contribution in [2.45, 2.75) is 11.5 Å². The third kappa shape index (κ3) is 4.25. The number of carbonyl (C=O) groups is 1. The Morgan fingerprint density at radius 2 is 1.75 bits per heavy atom. The van der Waals surface area contributed by atoms with Crippen LogP contribution in [-0.4, -0.2) is 11.1 Å². The lowest BCUT2D eigenvalue weighted by Crippen LogP contribution is -1.98. The van der Waals surface area contributed by atoms with E-state index in [2.05, 4.69) is 0 Å². The van der Waals surface area contributed by atoms with Crippen molar-refractivity contribution in [1.82, 2.24) is 0 Å². The van der Waals surface area contributed by atoms with Gasteiger partial charge in [-0.25, -0.2) is 9.18 Å². The number of benzene rings is 2. The van der Waals surface area contributed by atoms with E-state index in [1.807, 2.05) is 24.3 Å². The molecular weight excluding hydrogens is 299 g/mol. The Morgan fingerprint density at radius 1 is 1.10 bits per heavy atom. The fourth-order valence-electron chi connectivity index (χ4n) is 1.72. The summed E-state index contributed by atoms with van der Waals surface area (Å²) in [5.74, 6) is -0.322. The van der Waals surface area contributed by atoms with Crippen LogP contribution in [0.1, 0.15) is 21.5 Å². The number of hydrogen-bond donors (Lipinski definition) is 1. The van der Waals surface area contributed by atoms with Gasteiger partial charge >= 0.3 is 5.97 Å². The van der Waals surface area contributed by atoms with Crippen molar-refractivity contribution in [3.05, 3.63) is 70.0 Å². The highest BCUT2D eigenvalue weighted by molar-refractivity contribution is 7.97. The summed E-state index contributed by atoms with van der Waals surface area (Å²) < 4.78 is 13.3. The molecule has 0 spiro atoms. The van der Waals surface area contributed by atoms with Gasteiger partial charge in [0.25, 0.3) is 0 Å². The maximum atomic E-state index is 13.3. The van der Waals surface area contributed by atoms with E-state index in [0.717, 1.165) is 17.4 Å². The number of hydrogen-bond acceptors (Lipinski definition) is 2. The van der Waals surface area contributed by atoms with Crippen molar-refractivity contribution in [2.24, 2.45) is 0 Å². The van der Waals surface area contributed by atoms with E-state index in [1.165, 1.54) is 12.1 Å². The highest BCUT2D eigenvalue weighted by Gasteiger charge is 2.07. The molecule has 0 aliphatic carbocycles. The summed E-state index contributed by atoms with van der Waals surface area (Å²) >= 11 is 7.39. The Bertz CT molecular complexity index is 614. The minimum atomic E-state index is -1.12. The van der Waals surface area contributed by atoms with Crippen LogP contribution in [0.25, 0.3) is 0 Å². The van der Waals surface area contributed by atoms with Crippen LogP contribution >= 0.6 is 23.4 Å². The van der Waals surface area contributed by atoms with E-state index in [9.17, 15) is 9.18 Å². The van der Waals surface area contributed by atoms with E-state index in [0.29, 0.717) is 16.3 Å². The number of thioether (sulfide) groups is 1. The summed E-state index contributed by atoms with van der Waals surface area (Å²) in [6.45, 7) is 0. The molecule has 0 atom stereocenters. The summed E-state index contributed by atoms with van der Waals surface area (Å²) in [5.41, 5.74) is 1.77. The van der Waals surface area contributed by atoms with Crippen LogP contribution in [0.4, 0.5) is 4.39 Å². The molecule has 0 aromatic heterocycles. The molecule has 0 aliphatic rings. The summed E-state index contributed by atoms with van der Waals surface area (Å²) in [7, 11) is 0. The molecule has 0 unspecified atom stereocenters. The standard InChI is InChI=1S/C15H12ClFO2S/c16-13-3-1-10(2-4-13)8-20-9-11-5-12(15(18)19)7-14(17)6-11/h1-7H,8-9H2,(H,18,19). The zero-order chi connectivity index (χ0) is 14.5. The smallest absolute Gasteiger partial charge is 0.335 e. The number of aromatic carboxylic acids is 1. The molecule has 104 valence electrons. The predicted octanol–water partition coefficient (Wildman–Crippen LogP) is 4.61. The van der Waals surface area contributed by atoms with E-state index in [1.54, 1.807) is 11.8 Å². The highest BCUT2D eigenvalue weighted by Crippen LogP contribution is 2.21. The van der Waals surface area contributed by atoms with Crippen molar-refractivity contribution >= 4 is 29.3 Å². The SMILES string of the molecule is O=C(O)c1cc(F)cc(CSCc2ccc(Cl)cc2)c1. The molecule has 0 saturated carbocycles. The van der Waals surface area contributed by atoms with Crippen LogP contribution in [-0.2, 0) is 11.5 Å².